The molecule has 2 aromatic carbocycles. The second kappa shape index (κ2) is 9.15. The fourth-order valence-electron chi connectivity index (χ4n) is 1.83. The maximum absolute atomic E-state index is 11.7. The van der Waals surface area contributed by atoms with Gasteiger partial charge in [0.25, 0.3) is 0 Å². The van der Waals surface area contributed by atoms with Gasteiger partial charge in [-0.05, 0) is 36.8 Å². The molecule has 0 aromatic heterocycles. The fraction of sp³-hybridized carbons (Fsp3) is 0.176. The molecule has 0 aliphatic rings. The molecule has 0 fully saturated rings. The Morgan fingerprint density at radius 1 is 1.25 bits per heavy atom. The number of hydrogen-bond donors (Lipinski definition) is 2. The number of halogens is 2. The summed E-state index contributed by atoms with van der Waals surface area (Å²) < 4.78 is 5.49. The van der Waals surface area contributed by atoms with Crippen molar-refractivity contribution in [3.05, 3.63) is 58.1 Å². The molecule has 2 aromatic rings. The average molecular weight is 367 g/mol. The zero-order valence-corrected chi connectivity index (χ0v) is 14.2. The summed E-state index contributed by atoms with van der Waals surface area (Å²) in [6, 6.07) is 11.7. The number of phenolic OH excluding ortho intramolecular Hbond substituents is 1. The molecule has 0 aliphatic carbocycles. The summed E-state index contributed by atoms with van der Waals surface area (Å²) in [5.74, 6) is 0.385. The van der Waals surface area contributed by atoms with Crippen LogP contribution in [0.2, 0.25) is 10.0 Å². The van der Waals surface area contributed by atoms with Gasteiger partial charge in [0.05, 0.1) is 17.8 Å². The van der Waals surface area contributed by atoms with Gasteiger partial charge in [-0.25, -0.2) is 5.43 Å². The van der Waals surface area contributed by atoms with Crippen molar-refractivity contribution < 1.29 is 14.6 Å². The number of carbonyl (C=O) groups excluding carboxylic acids is 1. The van der Waals surface area contributed by atoms with Crippen LogP contribution in [-0.2, 0) is 4.79 Å². The van der Waals surface area contributed by atoms with E-state index >= 15 is 0 Å². The Hall–Kier alpha value is -2.24. The maximum Gasteiger partial charge on any atom is 0.240 e. The smallest absolute Gasteiger partial charge is 0.240 e. The molecule has 2 N–H and O–H groups in total. The summed E-state index contributed by atoms with van der Waals surface area (Å²) in [6.07, 6.45) is 2.15. The zero-order valence-electron chi connectivity index (χ0n) is 12.7. The molecule has 5 nitrogen and oxygen atoms in total. The van der Waals surface area contributed by atoms with Crippen LogP contribution in [0, 0.1) is 0 Å². The summed E-state index contributed by atoms with van der Waals surface area (Å²) in [6.45, 7) is 0.345. The molecular formula is C17H16Cl2N2O3. The molecule has 2 rings (SSSR count). The quantitative estimate of drug-likeness (QED) is 0.441. The maximum atomic E-state index is 11.7. The van der Waals surface area contributed by atoms with E-state index in [0.717, 1.165) is 0 Å². The molecule has 0 spiro atoms. The minimum atomic E-state index is -0.243. The van der Waals surface area contributed by atoms with E-state index in [-0.39, 0.29) is 18.1 Å². The van der Waals surface area contributed by atoms with Crippen LogP contribution in [-0.4, -0.2) is 23.8 Å². The van der Waals surface area contributed by atoms with Crippen molar-refractivity contribution in [2.24, 2.45) is 5.10 Å². The van der Waals surface area contributed by atoms with Gasteiger partial charge in [0.2, 0.25) is 5.91 Å². The Bertz CT molecular complexity index is 736. The molecule has 0 aliphatic heterocycles. The number of rotatable bonds is 7. The van der Waals surface area contributed by atoms with Crippen LogP contribution >= 0.6 is 23.2 Å². The molecular weight excluding hydrogens is 351 g/mol. The molecule has 0 bridgehead atoms. The van der Waals surface area contributed by atoms with Gasteiger partial charge in [-0.1, -0.05) is 35.3 Å². The molecule has 0 atom stereocenters. The number of phenols is 1. The summed E-state index contributed by atoms with van der Waals surface area (Å²) in [5.41, 5.74) is 2.92. The second-order valence-corrected chi connectivity index (χ2v) is 5.72. The van der Waals surface area contributed by atoms with Gasteiger partial charge in [0, 0.05) is 17.0 Å². The lowest BCUT2D eigenvalue weighted by atomic mass is 10.2. The third-order valence-electron chi connectivity index (χ3n) is 3.03. The lowest BCUT2D eigenvalue weighted by molar-refractivity contribution is -0.121. The number of amides is 1. The van der Waals surface area contributed by atoms with Crippen LogP contribution < -0.4 is 10.2 Å². The lowest BCUT2D eigenvalue weighted by Crippen LogP contribution is -2.18. The van der Waals surface area contributed by atoms with Crippen LogP contribution in [0.4, 0.5) is 0 Å². The number of hydrazone groups is 1. The van der Waals surface area contributed by atoms with Crippen molar-refractivity contribution in [1.29, 1.82) is 0 Å². The van der Waals surface area contributed by atoms with Crippen LogP contribution in [0.25, 0.3) is 0 Å². The van der Waals surface area contributed by atoms with E-state index in [1.807, 2.05) is 0 Å². The van der Waals surface area contributed by atoms with Crippen LogP contribution in [0.3, 0.4) is 0 Å². The van der Waals surface area contributed by atoms with Crippen molar-refractivity contribution in [1.82, 2.24) is 5.43 Å². The summed E-state index contributed by atoms with van der Waals surface area (Å²) in [4.78, 5) is 11.7. The molecule has 126 valence electrons. The number of carbonyl (C=O) groups is 1. The van der Waals surface area contributed by atoms with Gasteiger partial charge in [0.1, 0.15) is 11.5 Å². The van der Waals surface area contributed by atoms with Gasteiger partial charge in [-0.2, -0.15) is 5.10 Å². The Balaban J connectivity index is 1.69. The highest BCUT2D eigenvalue weighted by Crippen LogP contribution is 2.27. The van der Waals surface area contributed by atoms with Gasteiger partial charge in [-0.15, -0.1) is 0 Å². The molecule has 7 heteroatoms. The monoisotopic (exact) mass is 366 g/mol. The van der Waals surface area contributed by atoms with Gasteiger partial charge < -0.3 is 9.84 Å². The Kier molecular flexibility index (Phi) is 6.90. The first-order valence-corrected chi connectivity index (χ1v) is 7.99. The summed E-state index contributed by atoms with van der Waals surface area (Å²) in [5, 5.41) is 14.3. The second-order valence-electron chi connectivity index (χ2n) is 4.88. The topological polar surface area (TPSA) is 70.9 Å². The van der Waals surface area contributed by atoms with E-state index < -0.39 is 0 Å². The number of nitrogens with zero attached hydrogens (tertiary/aromatic N) is 1. The Morgan fingerprint density at radius 3 is 2.79 bits per heavy atom. The Morgan fingerprint density at radius 2 is 2.04 bits per heavy atom. The third-order valence-corrected chi connectivity index (χ3v) is 3.56. The van der Waals surface area contributed by atoms with Crippen LogP contribution in [0.5, 0.6) is 11.5 Å². The van der Waals surface area contributed by atoms with Crippen molar-refractivity contribution >= 4 is 35.3 Å². The molecule has 1 amide bonds. The van der Waals surface area contributed by atoms with E-state index in [9.17, 15) is 9.90 Å². The number of benzene rings is 2. The van der Waals surface area contributed by atoms with Gasteiger partial charge in [-0.3, -0.25) is 4.79 Å². The normalized spacial score (nSPS) is 10.8. The van der Waals surface area contributed by atoms with E-state index in [4.69, 9.17) is 27.9 Å². The summed E-state index contributed by atoms with van der Waals surface area (Å²) in [7, 11) is 0. The molecule has 0 radical (unpaired) electrons. The van der Waals surface area contributed by atoms with E-state index in [1.165, 1.54) is 6.21 Å². The minimum absolute atomic E-state index is 0.101. The number of ether oxygens (including phenoxy) is 1. The number of hydrogen-bond acceptors (Lipinski definition) is 4. The number of para-hydroxylation sites is 1. The van der Waals surface area contributed by atoms with Crippen molar-refractivity contribution in [3.63, 3.8) is 0 Å². The summed E-state index contributed by atoms with van der Waals surface area (Å²) >= 11 is 11.8. The number of aromatic hydroxyl groups is 1. The standard InChI is InChI=1S/C17H16Cl2N2O3/c18-13-7-8-16(14(19)10-13)24-9-3-6-17(23)21-20-11-12-4-1-2-5-15(12)22/h1-2,4-5,7-8,10-11,22H,3,6,9H2,(H,21,23)/b20-11+. The van der Waals surface area contributed by atoms with E-state index in [1.54, 1.807) is 42.5 Å². The van der Waals surface area contributed by atoms with Gasteiger partial charge >= 0.3 is 0 Å². The molecule has 0 saturated carbocycles. The first kappa shape index (κ1) is 18.1. The SMILES string of the molecule is O=C(CCCOc1ccc(Cl)cc1Cl)N/N=C/c1ccccc1O. The highest BCUT2D eigenvalue weighted by Gasteiger charge is 2.04. The first-order valence-electron chi connectivity index (χ1n) is 7.24. The number of nitrogens with one attached hydrogen (secondary N) is 1. The lowest BCUT2D eigenvalue weighted by Gasteiger charge is -2.07. The van der Waals surface area contributed by atoms with Crippen LogP contribution in [0.15, 0.2) is 47.6 Å². The van der Waals surface area contributed by atoms with Crippen LogP contribution in [0.1, 0.15) is 18.4 Å². The van der Waals surface area contributed by atoms with E-state index in [0.29, 0.717) is 34.4 Å². The highest BCUT2D eigenvalue weighted by atomic mass is 35.5. The molecule has 0 unspecified atom stereocenters. The zero-order chi connectivity index (χ0) is 17.4. The Labute approximate surface area is 149 Å². The highest BCUT2D eigenvalue weighted by molar-refractivity contribution is 6.35. The minimum Gasteiger partial charge on any atom is -0.507 e. The van der Waals surface area contributed by atoms with Crippen molar-refractivity contribution in [3.8, 4) is 11.5 Å². The third kappa shape index (κ3) is 5.76. The molecule has 0 heterocycles. The average Bonchev–Trinajstić information content (AvgIpc) is 2.55. The predicted octanol–water partition coefficient (Wildman–Crippen LogP) is 4.01. The molecule has 0 saturated heterocycles. The van der Waals surface area contributed by atoms with Crippen molar-refractivity contribution in [2.45, 2.75) is 12.8 Å². The van der Waals surface area contributed by atoms with Gasteiger partial charge in [0.15, 0.2) is 0 Å². The fourth-order valence-corrected chi connectivity index (χ4v) is 2.30. The predicted molar refractivity (Wildman–Crippen MR) is 95.0 cm³/mol. The first-order chi connectivity index (χ1) is 11.6. The van der Waals surface area contributed by atoms with E-state index in [2.05, 4.69) is 10.5 Å². The largest absolute Gasteiger partial charge is 0.507 e. The molecule has 24 heavy (non-hydrogen) atoms. The van der Waals surface area contributed by atoms with Crippen molar-refractivity contribution in [2.75, 3.05) is 6.61 Å².